The van der Waals surface area contributed by atoms with Gasteiger partial charge in [0, 0.05) is 17.3 Å². The van der Waals surface area contributed by atoms with Crippen LogP contribution < -0.4 is 9.47 Å². The van der Waals surface area contributed by atoms with Gasteiger partial charge in [0.1, 0.15) is 18.5 Å². The molecule has 0 spiro atoms. The van der Waals surface area contributed by atoms with Crippen molar-refractivity contribution in [2.24, 2.45) is 0 Å². The van der Waals surface area contributed by atoms with E-state index in [1.54, 1.807) is 6.20 Å². The Hall–Kier alpha value is -2.97. The highest BCUT2D eigenvalue weighted by Crippen LogP contribution is 2.31. The molecular formula is C23H29N3O5. The van der Waals surface area contributed by atoms with Crippen LogP contribution in [-0.4, -0.2) is 50.8 Å². The van der Waals surface area contributed by atoms with E-state index in [1.165, 1.54) is 0 Å². The van der Waals surface area contributed by atoms with Crippen molar-refractivity contribution in [1.82, 2.24) is 15.1 Å². The van der Waals surface area contributed by atoms with Crippen LogP contribution in [0.3, 0.4) is 0 Å². The third kappa shape index (κ3) is 5.39. The van der Waals surface area contributed by atoms with Crippen molar-refractivity contribution in [2.45, 2.75) is 53.2 Å². The van der Waals surface area contributed by atoms with Crippen LogP contribution >= 0.6 is 0 Å². The molecule has 2 N–H and O–H groups in total. The zero-order valence-electron chi connectivity index (χ0n) is 18.5. The fraction of sp³-hybridized carbons (Fsp3) is 0.435. The molecule has 0 aliphatic heterocycles. The second-order valence-electron chi connectivity index (χ2n) is 7.72. The minimum atomic E-state index is -0.919. The summed E-state index contributed by atoms with van der Waals surface area (Å²) in [6.45, 7) is 9.46. The summed E-state index contributed by atoms with van der Waals surface area (Å²) in [5.74, 6) is 2.13. The first kappa shape index (κ1) is 22.7. The summed E-state index contributed by atoms with van der Waals surface area (Å²) in [5, 5.41) is 22.7. The molecule has 0 radical (unpaired) electrons. The molecule has 8 nitrogen and oxygen atoms in total. The van der Waals surface area contributed by atoms with Crippen LogP contribution in [0.1, 0.15) is 37.5 Å². The summed E-state index contributed by atoms with van der Waals surface area (Å²) >= 11 is 0. The largest absolute Gasteiger partial charge is 0.490 e. The molecule has 0 unspecified atom stereocenters. The van der Waals surface area contributed by atoms with Crippen molar-refractivity contribution < 1.29 is 24.2 Å². The number of aliphatic hydroxyl groups is 2. The van der Waals surface area contributed by atoms with E-state index in [0.29, 0.717) is 23.3 Å². The Bertz CT molecular complexity index is 1030. The minimum absolute atomic E-state index is 0.0267. The highest BCUT2D eigenvalue weighted by Gasteiger charge is 2.17. The highest BCUT2D eigenvalue weighted by molar-refractivity contribution is 5.64. The van der Waals surface area contributed by atoms with E-state index >= 15 is 0 Å². The van der Waals surface area contributed by atoms with Crippen molar-refractivity contribution in [3.8, 4) is 34.5 Å². The fourth-order valence-corrected chi connectivity index (χ4v) is 3.16. The zero-order valence-corrected chi connectivity index (χ0v) is 18.5. The lowest BCUT2D eigenvalue weighted by atomic mass is 10.0. The van der Waals surface area contributed by atoms with E-state index in [9.17, 15) is 5.11 Å². The molecule has 3 rings (SSSR count). The Balaban J connectivity index is 1.87. The third-order valence-electron chi connectivity index (χ3n) is 4.67. The molecule has 1 atom stereocenters. The summed E-state index contributed by atoms with van der Waals surface area (Å²) in [7, 11) is 0. The number of aliphatic hydroxyl groups excluding tert-OH is 2. The van der Waals surface area contributed by atoms with Gasteiger partial charge in [0.25, 0.3) is 5.89 Å². The van der Waals surface area contributed by atoms with Crippen LogP contribution in [0.15, 0.2) is 28.9 Å². The van der Waals surface area contributed by atoms with Gasteiger partial charge in [-0.15, -0.1) is 0 Å². The van der Waals surface area contributed by atoms with Crippen molar-refractivity contribution in [1.29, 1.82) is 0 Å². The molecule has 0 bridgehead atoms. The third-order valence-corrected chi connectivity index (χ3v) is 4.67. The standard InChI is InChI=1S/C23H29N3O5/c1-6-16-9-17(7-14(4)20(16)29-12-19(28)11-27)21-25-23(31-26-21)18-8-15(5)22(24-10-18)30-13(2)3/h7-10,13,19,27-28H,6,11-12H2,1-5H3/t19-/m0/s1. The van der Waals surface area contributed by atoms with Gasteiger partial charge in [-0.2, -0.15) is 4.98 Å². The van der Waals surface area contributed by atoms with E-state index in [2.05, 4.69) is 15.1 Å². The summed E-state index contributed by atoms with van der Waals surface area (Å²) in [4.78, 5) is 8.91. The molecule has 0 aliphatic rings. The molecule has 1 aromatic carbocycles. The van der Waals surface area contributed by atoms with Gasteiger partial charge in [-0.05, 0) is 63.4 Å². The van der Waals surface area contributed by atoms with Gasteiger partial charge in [0.2, 0.25) is 11.7 Å². The lowest BCUT2D eigenvalue weighted by Gasteiger charge is -2.16. The smallest absolute Gasteiger partial charge is 0.259 e. The molecule has 166 valence electrons. The van der Waals surface area contributed by atoms with E-state index in [1.807, 2.05) is 52.8 Å². The molecule has 0 amide bonds. The minimum Gasteiger partial charge on any atom is -0.490 e. The number of hydrogen-bond acceptors (Lipinski definition) is 8. The first-order valence-corrected chi connectivity index (χ1v) is 10.3. The molecule has 31 heavy (non-hydrogen) atoms. The molecule has 0 fully saturated rings. The van der Waals surface area contributed by atoms with Crippen LogP contribution in [0.5, 0.6) is 11.6 Å². The predicted molar refractivity (Wildman–Crippen MR) is 116 cm³/mol. The highest BCUT2D eigenvalue weighted by atomic mass is 16.5. The Kier molecular flexibility index (Phi) is 7.25. The lowest BCUT2D eigenvalue weighted by Crippen LogP contribution is -2.22. The Morgan fingerprint density at radius 3 is 2.48 bits per heavy atom. The normalized spacial score (nSPS) is 12.3. The zero-order chi connectivity index (χ0) is 22.5. The monoisotopic (exact) mass is 427 g/mol. The van der Waals surface area contributed by atoms with Crippen LogP contribution in [0, 0.1) is 13.8 Å². The summed E-state index contributed by atoms with van der Waals surface area (Å²) in [6, 6.07) is 5.77. The van der Waals surface area contributed by atoms with Gasteiger partial charge < -0.3 is 24.2 Å². The van der Waals surface area contributed by atoms with E-state index in [-0.39, 0.29) is 19.3 Å². The SMILES string of the molecule is CCc1cc(-c2noc(-c3cnc(OC(C)C)c(C)c3)n2)cc(C)c1OC[C@@H](O)CO. The molecule has 2 heterocycles. The maximum absolute atomic E-state index is 9.58. The molecule has 0 saturated heterocycles. The first-order valence-electron chi connectivity index (χ1n) is 10.3. The van der Waals surface area contributed by atoms with Crippen LogP contribution in [-0.2, 0) is 6.42 Å². The number of nitrogens with zero attached hydrogens (tertiary/aromatic N) is 3. The van der Waals surface area contributed by atoms with Crippen LogP contribution in [0.2, 0.25) is 0 Å². The molecule has 0 aliphatic carbocycles. The Morgan fingerprint density at radius 2 is 1.84 bits per heavy atom. The predicted octanol–water partition coefficient (Wildman–Crippen LogP) is 3.50. The lowest BCUT2D eigenvalue weighted by molar-refractivity contribution is 0.0531. The van der Waals surface area contributed by atoms with Gasteiger partial charge in [0.15, 0.2) is 0 Å². The van der Waals surface area contributed by atoms with Crippen molar-refractivity contribution in [2.75, 3.05) is 13.2 Å². The fourth-order valence-electron chi connectivity index (χ4n) is 3.16. The molecular weight excluding hydrogens is 398 g/mol. The number of pyridine rings is 1. The van der Waals surface area contributed by atoms with E-state index in [0.717, 1.165) is 34.2 Å². The van der Waals surface area contributed by atoms with Crippen molar-refractivity contribution in [3.63, 3.8) is 0 Å². The van der Waals surface area contributed by atoms with Gasteiger partial charge in [-0.3, -0.25) is 0 Å². The second kappa shape index (κ2) is 9.89. The maximum atomic E-state index is 9.58. The maximum Gasteiger partial charge on any atom is 0.259 e. The average Bonchev–Trinajstić information content (AvgIpc) is 3.23. The number of aromatic nitrogens is 3. The van der Waals surface area contributed by atoms with Crippen molar-refractivity contribution >= 4 is 0 Å². The quantitative estimate of drug-likeness (QED) is 0.534. The van der Waals surface area contributed by atoms with E-state index in [4.69, 9.17) is 19.1 Å². The number of benzene rings is 1. The van der Waals surface area contributed by atoms with Gasteiger partial charge in [0.05, 0.1) is 18.3 Å². The first-order chi connectivity index (χ1) is 14.8. The summed E-state index contributed by atoms with van der Waals surface area (Å²) in [6.07, 6.45) is 1.51. The van der Waals surface area contributed by atoms with Gasteiger partial charge in [-0.25, -0.2) is 4.98 Å². The van der Waals surface area contributed by atoms with Gasteiger partial charge >= 0.3 is 0 Å². The summed E-state index contributed by atoms with van der Waals surface area (Å²) < 4.78 is 16.9. The number of rotatable bonds is 9. The molecule has 2 aromatic heterocycles. The summed E-state index contributed by atoms with van der Waals surface area (Å²) in [5.41, 5.74) is 4.26. The molecule has 8 heteroatoms. The average molecular weight is 428 g/mol. The topological polar surface area (TPSA) is 111 Å². The number of aryl methyl sites for hydroxylation is 3. The van der Waals surface area contributed by atoms with Crippen LogP contribution in [0.4, 0.5) is 0 Å². The molecule has 0 saturated carbocycles. The van der Waals surface area contributed by atoms with Crippen LogP contribution in [0.25, 0.3) is 22.8 Å². The number of hydrogen-bond donors (Lipinski definition) is 2. The van der Waals surface area contributed by atoms with Crippen molar-refractivity contribution in [3.05, 3.63) is 41.1 Å². The van der Waals surface area contributed by atoms with E-state index < -0.39 is 6.10 Å². The second-order valence-corrected chi connectivity index (χ2v) is 7.72. The molecule has 3 aromatic rings. The number of ether oxygens (including phenoxy) is 2. The Morgan fingerprint density at radius 1 is 1.10 bits per heavy atom. The Labute approximate surface area is 181 Å². The van der Waals surface area contributed by atoms with Gasteiger partial charge in [-0.1, -0.05) is 12.1 Å².